The molecule has 0 spiro atoms. The molecule has 1 aliphatic heterocycles. The Morgan fingerprint density at radius 2 is 2.04 bits per heavy atom. The van der Waals surface area contributed by atoms with Crippen LogP contribution in [0.25, 0.3) is 0 Å². The van der Waals surface area contributed by atoms with Gasteiger partial charge in [0.25, 0.3) is 0 Å². The first-order chi connectivity index (χ1) is 13.5. The number of aromatic nitrogens is 4. The van der Waals surface area contributed by atoms with Gasteiger partial charge in [-0.1, -0.05) is 11.6 Å². The zero-order chi connectivity index (χ0) is 19.3. The van der Waals surface area contributed by atoms with Crippen LogP contribution in [0.3, 0.4) is 0 Å². The van der Waals surface area contributed by atoms with Crippen molar-refractivity contribution in [2.45, 2.75) is 44.6 Å². The Balaban J connectivity index is 1.23. The van der Waals surface area contributed by atoms with Crippen LogP contribution in [0.15, 0.2) is 12.3 Å². The van der Waals surface area contributed by atoms with Crippen LogP contribution < -0.4 is 10.6 Å². The molecular weight excluding hydrogens is 378 g/mol. The maximum atomic E-state index is 11.6. The fraction of sp³-hybridized carbons (Fsp3) is 0.579. The Morgan fingerprint density at radius 3 is 2.71 bits per heavy atom. The molecule has 1 amide bonds. The van der Waals surface area contributed by atoms with Crippen molar-refractivity contribution in [3.63, 3.8) is 0 Å². The molecule has 2 saturated carbocycles. The number of nitrogens with one attached hydrogen (secondary N) is 3. The number of likely N-dealkylation sites (tertiary alicyclic amines) is 1. The van der Waals surface area contributed by atoms with Gasteiger partial charge in [-0.15, -0.1) is 0 Å². The number of carbonyl (C=O) groups is 1. The first-order valence-electron chi connectivity index (χ1n) is 9.92. The molecule has 2 aromatic rings. The summed E-state index contributed by atoms with van der Waals surface area (Å²) in [6.07, 6.45) is 6.12. The maximum Gasteiger partial charge on any atom is 0.230 e. The average Bonchev–Trinajstić information content (AvgIpc) is 3.08. The van der Waals surface area contributed by atoms with Gasteiger partial charge < -0.3 is 15.5 Å². The number of H-pyrrole nitrogens is 1. The number of fused-ring (bicyclic) bond motifs is 1. The smallest absolute Gasteiger partial charge is 0.230 e. The average molecular weight is 402 g/mol. The Hall–Kier alpha value is -2.35. The summed E-state index contributed by atoms with van der Waals surface area (Å²) in [7, 11) is 0. The molecule has 8 nitrogen and oxygen atoms in total. The van der Waals surface area contributed by atoms with Gasteiger partial charge in [-0.2, -0.15) is 10.1 Å². The van der Waals surface area contributed by atoms with Crippen LogP contribution in [0.2, 0.25) is 5.02 Å². The molecule has 3 aliphatic rings. The third-order valence-electron chi connectivity index (χ3n) is 6.14. The molecule has 2 atom stereocenters. The number of rotatable bonds is 5. The van der Waals surface area contributed by atoms with E-state index in [1.807, 2.05) is 11.0 Å². The van der Waals surface area contributed by atoms with E-state index in [-0.39, 0.29) is 5.91 Å². The van der Waals surface area contributed by atoms with Crippen molar-refractivity contribution in [1.82, 2.24) is 25.1 Å². The summed E-state index contributed by atoms with van der Waals surface area (Å²) in [5, 5.41) is 14.5. The number of nitrogens with zero attached hydrogens (tertiary/aromatic N) is 4. The summed E-state index contributed by atoms with van der Waals surface area (Å²) in [5.74, 6) is 3.75. The van der Waals surface area contributed by atoms with E-state index in [2.05, 4.69) is 30.8 Å². The molecule has 3 heterocycles. The van der Waals surface area contributed by atoms with E-state index < -0.39 is 0 Å². The largest absolute Gasteiger partial charge is 0.366 e. The molecule has 148 valence electrons. The third kappa shape index (κ3) is 3.53. The number of carbonyl (C=O) groups excluding carboxylic acids is 1. The normalized spacial score (nSPS) is 26.4. The van der Waals surface area contributed by atoms with Gasteiger partial charge >= 0.3 is 0 Å². The van der Waals surface area contributed by atoms with Gasteiger partial charge in [0.2, 0.25) is 11.9 Å². The highest BCUT2D eigenvalue weighted by Crippen LogP contribution is 2.40. The summed E-state index contributed by atoms with van der Waals surface area (Å²) in [6.45, 7) is 3.38. The van der Waals surface area contributed by atoms with Crippen molar-refractivity contribution in [3.05, 3.63) is 23.0 Å². The van der Waals surface area contributed by atoms with Crippen molar-refractivity contribution in [1.29, 1.82) is 0 Å². The molecule has 3 N–H and O–H groups in total. The zero-order valence-corrected chi connectivity index (χ0v) is 16.5. The highest BCUT2D eigenvalue weighted by atomic mass is 35.5. The summed E-state index contributed by atoms with van der Waals surface area (Å²) in [5.41, 5.74) is 1.16. The zero-order valence-electron chi connectivity index (χ0n) is 15.8. The van der Waals surface area contributed by atoms with Gasteiger partial charge in [-0.05, 0) is 37.5 Å². The standard InChI is InChI=1S/C19H24ClN7O/c1-10(28)27-8-12-4-14(5-13(12)9-27)22-18-15(20)7-21-19(24-18)23-17-6-16(25-26-17)11-2-3-11/h6-7,11-14H,2-5,8-9H2,1H3,(H3,21,22,23,24,25,26). The molecule has 0 bridgehead atoms. The third-order valence-corrected chi connectivity index (χ3v) is 6.41. The minimum atomic E-state index is 0.177. The number of halogens is 1. The lowest BCUT2D eigenvalue weighted by Crippen LogP contribution is -2.29. The van der Waals surface area contributed by atoms with Crippen molar-refractivity contribution >= 4 is 35.1 Å². The molecule has 0 radical (unpaired) electrons. The second-order valence-electron chi connectivity index (χ2n) is 8.25. The maximum absolute atomic E-state index is 11.6. The Bertz CT molecular complexity index is 882. The number of anilines is 3. The lowest BCUT2D eigenvalue weighted by atomic mass is 10.0. The van der Waals surface area contributed by atoms with E-state index in [9.17, 15) is 4.79 Å². The minimum Gasteiger partial charge on any atom is -0.366 e. The molecule has 2 unspecified atom stereocenters. The highest BCUT2D eigenvalue weighted by Gasteiger charge is 2.41. The molecule has 2 aliphatic carbocycles. The monoisotopic (exact) mass is 401 g/mol. The van der Waals surface area contributed by atoms with Crippen molar-refractivity contribution < 1.29 is 4.79 Å². The summed E-state index contributed by atoms with van der Waals surface area (Å²) in [4.78, 5) is 22.4. The van der Waals surface area contributed by atoms with E-state index in [0.717, 1.165) is 37.4 Å². The summed E-state index contributed by atoms with van der Waals surface area (Å²) < 4.78 is 0. The topological polar surface area (TPSA) is 98.8 Å². The van der Waals surface area contributed by atoms with Crippen molar-refractivity contribution in [3.8, 4) is 0 Å². The molecular formula is C19H24ClN7O. The first-order valence-corrected chi connectivity index (χ1v) is 10.3. The lowest BCUT2D eigenvalue weighted by molar-refractivity contribution is -0.128. The minimum absolute atomic E-state index is 0.177. The molecule has 9 heteroatoms. The van der Waals surface area contributed by atoms with Crippen molar-refractivity contribution in [2.24, 2.45) is 11.8 Å². The second-order valence-corrected chi connectivity index (χ2v) is 8.66. The quantitative estimate of drug-likeness (QED) is 0.711. The van der Waals surface area contributed by atoms with Crippen LogP contribution in [0.4, 0.5) is 17.6 Å². The highest BCUT2D eigenvalue weighted by molar-refractivity contribution is 6.32. The lowest BCUT2D eigenvalue weighted by Gasteiger charge is -2.19. The van der Waals surface area contributed by atoms with E-state index in [4.69, 9.17) is 11.6 Å². The Kier molecular flexibility index (Phi) is 4.38. The van der Waals surface area contributed by atoms with Gasteiger partial charge in [0.15, 0.2) is 11.6 Å². The van der Waals surface area contributed by atoms with Gasteiger partial charge in [-0.3, -0.25) is 9.89 Å². The fourth-order valence-corrected chi connectivity index (χ4v) is 4.66. The molecule has 5 rings (SSSR count). The van der Waals surface area contributed by atoms with E-state index in [0.29, 0.717) is 40.6 Å². The van der Waals surface area contributed by atoms with E-state index >= 15 is 0 Å². The van der Waals surface area contributed by atoms with Crippen molar-refractivity contribution in [2.75, 3.05) is 23.7 Å². The van der Waals surface area contributed by atoms with Crippen LogP contribution in [0, 0.1) is 11.8 Å². The summed E-state index contributed by atoms with van der Waals surface area (Å²) >= 11 is 6.33. The Morgan fingerprint density at radius 1 is 1.29 bits per heavy atom. The number of hydrogen-bond acceptors (Lipinski definition) is 6. The fourth-order valence-electron chi connectivity index (χ4n) is 4.52. The van der Waals surface area contributed by atoms with Gasteiger partial charge in [-0.25, -0.2) is 4.98 Å². The summed E-state index contributed by atoms with van der Waals surface area (Å²) in [6, 6.07) is 2.33. The van der Waals surface area contributed by atoms with E-state index in [1.54, 1.807) is 13.1 Å². The van der Waals surface area contributed by atoms with Crippen LogP contribution in [-0.4, -0.2) is 50.1 Å². The van der Waals surface area contributed by atoms with Crippen LogP contribution in [0.1, 0.15) is 44.2 Å². The van der Waals surface area contributed by atoms with Crippen LogP contribution >= 0.6 is 11.6 Å². The SMILES string of the molecule is CC(=O)N1CC2CC(Nc3nc(Nc4cc(C5CC5)[nH]n4)ncc3Cl)CC2C1. The Labute approximate surface area is 168 Å². The first kappa shape index (κ1) is 17.7. The molecule has 0 aromatic carbocycles. The second kappa shape index (κ2) is 6.92. The molecule has 3 fully saturated rings. The van der Waals surface area contributed by atoms with Gasteiger partial charge in [0.05, 0.1) is 6.20 Å². The van der Waals surface area contributed by atoms with Crippen LogP contribution in [-0.2, 0) is 4.79 Å². The predicted molar refractivity (Wildman–Crippen MR) is 107 cm³/mol. The molecule has 28 heavy (non-hydrogen) atoms. The van der Waals surface area contributed by atoms with E-state index in [1.165, 1.54) is 12.8 Å². The van der Waals surface area contributed by atoms with Crippen LogP contribution in [0.5, 0.6) is 0 Å². The molecule has 2 aromatic heterocycles. The molecule has 1 saturated heterocycles. The number of aromatic amines is 1. The predicted octanol–water partition coefficient (Wildman–Crippen LogP) is 3.14. The number of amides is 1. The number of hydrogen-bond donors (Lipinski definition) is 3. The van der Waals surface area contributed by atoms with Gasteiger partial charge in [0.1, 0.15) is 5.02 Å². The van der Waals surface area contributed by atoms with Gasteiger partial charge in [0, 0.05) is 43.7 Å².